The molecule has 0 aliphatic carbocycles. The molecule has 1 aromatic carbocycles. The fourth-order valence-corrected chi connectivity index (χ4v) is 5.22. The first kappa shape index (κ1) is 35.5. The van der Waals surface area contributed by atoms with Crippen LogP contribution in [-0.2, 0) is 31.9 Å². The fraction of sp³-hybridized carbons (Fsp3) is 0.467. The molecule has 0 bridgehead atoms. The number of imide groups is 1. The van der Waals surface area contributed by atoms with Crippen LogP contribution in [0.5, 0.6) is 11.6 Å². The van der Waals surface area contributed by atoms with Gasteiger partial charge in [0.1, 0.15) is 25.3 Å². The zero-order chi connectivity index (χ0) is 34.8. The van der Waals surface area contributed by atoms with E-state index >= 15 is 0 Å². The number of pyridine rings is 1. The molecule has 2 aliphatic rings. The average molecular weight is 674 g/mol. The van der Waals surface area contributed by atoms with E-state index in [0.717, 1.165) is 6.07 Å². The first-order chi connectivity index (χ1) is 22.0. The van der Waals surface area contributed by atoms with Gasteiger partial charge in [-0.15, -0.1) is 0 Å². The maximum atomic E-state index is 13.5. The Balaban J connectivity index is 1.51. The topological polar surface area (TPSA) is 125 Å². The summed E-state index contributed by atoms with van der Waals surface area (Å²) in [5, 5.41) is 12.7. The smallest absolute Gasteiger partial charge is 0.430 e. The number of halogens is 6. The molecular weight excluding hydrogens is 640 g/mol. The number of alkyl halides is 6. The lowest BCUT2D eigenvalue weighted by Crippen LogP contribution is -2.55. The zero-order valence-electron chi connectivity index (χ0n) is 25.6. The number of carbonyl (C=O) groups is 3. The van der Waals surface area contributed by atoms with Gasteiger partial charge in [0.2, 0.25) is 12.3 Å². The number of carbonyl (C=O) groups excluding carboxylic acids is 3. The molecule has 256 valence electrons. The second-order valence-electron chi connectivity index (χ2n) is 11.0. The number of hydrogen-bond donors (Lipinski definition) is 2. The number of aromatic nitrogens is 1. The molecule has 3 heterocycles. The van der Waals surface area contributed by atoms with Gasteiger partial charge in [-0.25, -0.2) is 4.98 Å². The Morgan fingerprint density at radius 1 is 1.04 bits per heavy atom. The van der Waals surface area contributed by atoms with E-state index in [2.05, 4.69) is 10.3 Å². The Morgan fingerprint density at radius 2 is 1.72 bits per heavy atom. The normalized spacial score (nSPS) is 16.5. The summed E-state index contributed by atoms with van der Waals surface area (Å²) in [5.74, 6) is -0.856. The summed E-state index contributed by atoms with van der Waals surface area (Å²) in [7, 11) is 1.48. The third-order valence-corrected chi connectivity index (χ3v) is 8.01. The van der Waals surface area contributed by atoms with Crippen LogP contribution in [0.15, 0.2) is 42.7 Å². The van der Waals surface area contributed by atoms with Crippen LogP contribution in [-0.4, -0.2) is 90.4 Å². The quantitative estimate of drug-likeness (QED) is 0.289. The number of fused-ring (bicyclic) bond motifs is 1. The van der Waals surface area contributed by atoms with Crippen molar-refractivity contribution >= 4 is 23.9 Å². The number of nitrogens with one attached hydrogen (secondary N) is 1. The highest BCUT2D eigenvalue weighted by Crippen LogP contribution is 2.50. The van der Waals surface area contributed by atoms with E-state index < -0.39 is 47.4 Å². The molecule has 3 amide bonds. The van der Waals surface area contributed by atoms with E-state index in [-0.39, 0.29) is 55.4 Å². The SMILES string of the molecule is CCCc1cc(C(O)(C(F)(F)F)C(F)(F)F)ccc1N1C=CN(C(=O)CN(C=O)C(=O)C(C)(NC)c2ccc3c(n2)OCCO3)CC1. The van der Waals surface area contributed by atoms with Gasteiger partial charge in [-0.1, -0.05) is 25.5 Å². The van der Waals surface area contributed by atoms with Gasteiger partial charge in [-0.05, 0) is 44.2 Å². The standard InChI is InChI=1S/C30H33F6N5O6/c1-4-5-19-16-20(28(45,29(31,32)33)30(34,35)36)6-7-21(19)39-10-12-40(13-11-39)24(43)17-41(18-42)26(44)27(2,37-3)23-9-8-22-25(38-23)47-15-14-46-22/h6-10,12,16,18,37,45H,4-5,11,13-15,17H2,1-3H3. The monoisotopic (exact) mass is 673 g/mol. The van der Waals surface area contributed by atoms with Crippen LogP contribution in [0.3, 0.4) is 0 Å². The first-order valence-corrected chi connectivity index (χ1v) is 14.5. The van der Waals surface area contributed by atoms with Crippen molar-refractivity contribution < 1.29 is 55.3 Å². The Hall–Kier alpha value is -4.38. The van der Waals surface area contributed by atoms with Crippen molar-refractivity contribution in [1.82, 2.24) is 20.1 Å². The van der Waals surface area contributed by atoms with Gasteiger partial charge in [0.25, 0.3) is 17.4 Å². The van der Waals surface area contributed by atoms with Crippen LogP contribution in [0.2, 0.25) is 0 Å². The molecule has 0 spiro atoms. The Labute approximate surface area is 265 Å². The van der Waals surface area contributed by atoms with E-state index in [1.165, 1.54) is 42.2 Å². The van der Waals surface area contributed by atoms with Gasteiger partial charge >= 0.3 is 12.4 Å². The third-order valence-electron chi connectivity index (χ3n) is 8.01. The van der Waals surface area contributed by atoms with Crippen molar-refractivity contribution in [3.63, 3.8) is 0 Å². The van der Waals surface area contributed by atoms with Gasteiger partial charge in [0, 0.05) is 36.7 Å². The number of likely N-dealkylation sites (N-methyl/N-ethyl adjacent to an activating group) is 1. The summed E-state index contributed by atoms with van der Waals surface area (Å²) >= 11 is 0. The molecule has 2 aromatic rings. The Bertz CT molecular complexity index is 1520. The molecular formula is C30H33F6N5O6. The predicted molar refractivity (Wildman–Crippen MR) is 154 cm³/mol. The minimum atomic E-state index is -6.02. The maximum absolute atomic E-state index is 13.5. The van der Waals surface area contributed by atoms with Crippen LogP contribution >= 0.6 is 0 Å². The number of anilines is 1. The number of nitrogens with zero attached hydrogens (tertiary/aromatic N) is 4. The molecule has 1 atom stereocenters. The van der Waals surface area contributed by atoms with Gasteiger partial charge in [-0.3, -0.25) is 19.3 Å². The van der Waals surface area contributed by atoms with E-state index in [1.54, 1.807) is 13.0 Å². The van der Waals surface area contributed by atoms with Crippen LogP contribution < -0.4 is 19.7 Å². The van der Waals surface area contributed by atoms with Crippen molar-refractivity contribution in [3.05, 3.63) is 59.6 Å². The van der Waals surface area contributed by atoms with E-state index in [4.69, 9.17) is 9.47 Å². The Morgan fingerprint density at radius 3 is 2.30 bits per heavy atom. The number of benzene rings is 1. The highest BCUT2D eigenvalue weighted by Gasteiger charge is 2.71. The van der Waals surface area contributed by atoms with Crippen LogP contribution in [0, 0.1) is 0 Å². The number of aryl methyl sites for hydroxylation is 1. The van der Waals surface area contributed by atoms with E-state index in [9.17, 15) is 45.8 Å². The van der Waals surface area contributed by atoms with Crippen LogP contribution in [0.1, 0.15) is 37.1 Å². The summed E-state index contributed by atoms with van der Waals surface area (Å²) in [6.07, 6.45) is -8.63. The minimum absolute atomic E-state index is 0.00554. The minimum Gasteiger partial charge on any atom is -0.484 e. The largest absolute Gasteiger partial charge is 0.484 e. The highest BCUT2D eigenvalue weighted by atomic mass is 19.4. The van der Waals surface area contributed by atoms with Crippen LogP contribution in [0.4, 0.5) is 32.0 Å². The number of ether oxygens (including phenoxy) is 2. The summed E-state index contributed by atoms with van der Waals surface area (Å²) in [5.41, 5.74) is -7.35. The van der Waals surface area contributed by atoms with Gasteiger partial charge in [0.15, 0.2) is 5.75 Å². The molecule has 2 aliphatic heterocycles. The number of rotatable bonds is 10. The summed E-state index contributed by atoms with van der Waals surface area (Å²) in [6.45, 7) is 3.20. The molecule has 1 unspecified atom stereocenters. The van der Waals surface area contributed by atoms with Gasteiger partial charge in [0.05, 0.1) is 5.69 Å². The predicted octanol–water partition coefficient (Wildman–Crippen LogP) is 3.36. The summed E-state index contributed by atoms with van der Waals surface area (Å²) in [4.78, 5) is 46.5. The lowest BCUT2D eigenvalue weighted by atomic mass is 9.89. The second-order valence-corrected chi connectivity index (χ2v) is 11.0. The van der Waals surface area contributed by atoms with Crippen molar-refractivity contribution in [3.8, 4) is 11.6 Å². The van der Waals surface area contributed by atoms with Crippen LogP contribution in [0.25, 0.3) is 0 Å². The fourth-order valence-electron chi connectivity index (χ4n) is 5.22. The molecule has 11 nitrogen and oxygen atoms in total. The maximum Gasteiger partial charge on any atom is 0.430 e. The lowest BCUT2D eigenvalue weighted by molar-refractivity contribution is -0.376. The number of hydrogen-bond acceptors (Lipinski definition) is 9. The zero-order valence-corrected chi connectivity index (χ0v) is 25.6. The molecule has 0 saturated carbocycles. The van der Waals surface area contributed by atoms with Gasteiger partial charge < -0.3 is 29.7 Å². The molecule has 2 N–H and O–H groups in total. The molecule has 0 fully saturated rings. The summed E-state index contributed by atoms with van der Waals surface area (Å²) in [6, 6.07) is 5.42. The molecule has 4 rings (SSSR count). The van der Waals surface area contributed by atoms with Crippen molar-refractivity contribution in [2.24, 2.45) is 0 Å². The second kappa shape index (κ2) is 13.4. The molecule has 17 heteroatoms. The van der Waals surface area contributed by atoms with Crippen molar-refractivity contribution in [1.29, 1.82) is 0 Å². The Kier molecular flexibility index (Phi) is 10.1. The van der Waals surface area contributed by atoms with E-state index in [0.29, 0.717) is 35.8 Å². The first-order valence-electron chi connectivity index (χ1n) is 14.5. The highest BCUT2D eigenvalue weighted by molar-refractivity contribution is 5.97. The van der Waals surface area contributed by atoms with Crippen molar-refractivity contribution in [2.75, 3.05) is 44.8 Å². The molecule has 0 radical (unpaired) electrons. The molecule has 1 aromatic heterocycles. The number of amides is 3. The van der Waals surface area contributed by atoms with E-state index in [1.807, 2.05) is 0 Å². The number of aliphatic hydroxyl groups is 1. The lowest BCUT2D eigenvalue weighted by Gasteiger charge is -2.35. The summed E-state index contributed by atoms with van der Waals surface area (Å²) < 4.78 is 91.9. The van der Waals surface area contributed by atoms with Gasteiger partial charge in [-0.2, -0.15) is 26.3 Å². The molecule has 0 saturated heterocycles. The molecule has 47 heavy (non-hydrogen) atoms. The third kappa shape index (κ3) is 6.72. The average Bonchev–Trinajstić information content (AvgIpc) is 3.05. The van der Waals surface area contributed by atoms with Crippen molar-refractivity contribution in [2.45, 2.75) is 50.2 Å².